The van der Waals surface area contributed by atoms with Crippen molar-refractivity contribution < 1.29 is 14.3 Å². The van der Waals surface area contributed by atoms with E-state index in [1.165, 1.54) is 12.0 Å². The lowest BCUT2D eigenvalue weighted by Crippen LogP contribution is -2.52. The number of hydrogen-bond acceptors (Lipinski definition) is 3. The molecule has 1 aliphatic carbocycles. The molecule has 0 unspecified atom stereocenters. The summed E-state index contributed by atoms with van der Waals surface area (Å²) in [6, 6.07) is 15.6. The summed E-state index contributed by atoms with van der Waals surface area (Å²) in [5.74, 6) is 0.426. The maximum absolute atomic E-state index is 13.3. The van der Waals surface area contributed by atoms with Crippen molar-refractivity contribution >= 4 is 11.8 Å². The second kappa shape index (κ2) is 12.4. The highest BCUT2D eigenvalue weighted by Gasteiger charge is 2.30. The van der Waals surface area contributed by atoms with Gasteiger partial charge in [-0.3, -0.25) is 9.59 Å². The van der Waals surface area contributed by atoms with E-state index in [1.54, 1.807) is 4.90 Å². The van der Waals surface area contributed by atoms with E-state index in [-0.39, 0.29) is 24.5 Å². The Balaban J connectivity index is 1.74. The lowest BCUT2D eigenvalue weighted by molar-refractivity contribution is -0.143. The Morgan fingerprint density at radius 1 is 1.03 bits per heavy atom. The standard InChI is InChI=1S/C28H38N2O3/c1-4-22-14-16-25(17-15-22)33-20-27(31)30(19-23-11-9-10-21(3)18-23)26(5-2)28(32)29-24-12-7-6-8-13-24/h9-11,14-18,24,26H,4-8,12-13,19-20H2,1-3H3,(H,29,32)/t26-/m0/s1. The largest absolute Gasteiger partial charge is 0.484 e. The van der Waals surface area contributed by atoms with Gasteiger partial charge < -0.3 is 15.0 Å². The Hall–Kier alpha value is -2.82. The van der Waals surface area contributed by atoms with Crippen LogP contribution in [0.2, 0.25) is 0 Å². The van der Waals surface area contributed by atoms with Crippen LogP contribution in [0, 0.1) is 6.92 Å². The van der Waals surface area contributed by atoms with Crippen molar-refractivity contribution in [2.45, 2.75) is 84.3 Å². The molecule has 1 aliphatic rings. The highest BCUT2D eigenvalue weighted by atomic mass is 16.5. The summed E-state index contributed by atoms with van der Waals surface area (Å²) in [6.07, 6.45) is 7.09. The molecule has 5 nitrogen and oxygen atoms in total. The lowest BCUT2D eigenvalue weighted by atomic mass is 9.95. The van der Waals surface area contributed by atoms with E-state index in [1.807, 2.05) is 56.3 Å². The minimum Gasteiger partial charge on any atom is -0.484 e. The number of amides is 2. The third kappa shape index (κ3) is 7.34. The molecule has 1 saturated carbocycles. The number of hydrogen-bond donors (Lipinski definition) is 1. The summed E-state index contributed by atoms with van der Waals surface area (Å²) in [6.45, 7) is 6.39. The van der Waals surface area contributed by atoms with Gasteiger partial charge in [-0.25, -0.2) is 0 Å². The molecule has 1 N–H and O–H groups in total. The van der Waals surface area contributed by atoms with Gasteiger partial charge in [0.25, 0.3) is 5.91 Å². The minimum absolute atomic E-state index is 0.0577. The molecule has 0 aromatic heterocycles. The van der Waals surface area contributed by atoms with Crippen molar-refractivity contribution in [2.75, 3.05) is 6.61 Å². The first-order valence-electron chi connectivity index (χ1n) is 12.4. The molecule has 178 valence electrons. The number of carbonyl (C=O) groups excluding carboxylic acids is 2. The highest BCUT2D eigenvalue weighted by molar-refractivity contribution is 5.88. The molecule has 0 spiro atoms. The second-order valence-electron chi connectivity index (χ2n) is 9.06. The number of carbonyl (C=O) groups is 2. The van der Waals surface area contributed by atoms with Crippen molar-refractivity contribution in [1.82, 2.24) is 10.2 Å². The fraction of sp³-hybridized carbons (Fsp3) is 0.500. The third-order valence-corrected chi connectivity index (χ3v) is 6.47. The summed E-state index contributed by atoms with van der Waals surface area (Å²) < 4.78 is 5.81. The Bertz CT molecular complexity index is 904. The molecule has 0 saturated heterocycles. The average molecular weight is 451 g/mol. The van der Waals surface area contributed by atoms with E-state index in [0.29, 0.717) is 18.7 Å². The van der Waals surface area contributed by atoms with Crippen molar-refractivity contribution in [3.63, 3.8) is 0 Å². The van der Waals surface area contributed by atoms with Gasteiger partial charge in [-0.1, -0.05) is 75.1 Å². The summed E-state index contributed by atoms with van der Waals surface area (Å²) in [7, 11) is 0. The molecule has 0 radical (unpaired) electrons. The Morgan fingerprint density at radius 3 is 2.39 bits per heavy atom. The molecule has 33 heavy (non-hydrogen) atoms. The predicted octanol–water partition coefficient (Wildman–Crippen LogP) is 5.19. The highest BCUT2D eigenvalue weighted by Crippen LogP contribution is 2.20. The number of rotatable bonds is 10. The molecular formula is C28H38N2O3. The monoisotopic (exact) mass is 450 g/mol. The molecule has 2 aromatic carbocycles. The van der Waals surface area contributed by atoms with Crippen LogP contribution in [-0.4, -0.2) is 35.4 Å². The molecule has 0 aliphatic heterocycles. The van der Waals surface area contributed by atoms with Crippen LogP contribution < -0.4 is 10.1 Å². The minimum atomic E-state index is -0.522. The number of aryl methyl sites for hydroxylation is 2. The zero-order valence-corrected chi connectivity index (χ0v) is 20.3. The SMILES string of the molecule is CCc1ccc(OCC(=O)N(Cc2cccc(C)c2)[C@@H](CC)C(=O)NC2CCCCC2)cc1. The van der Waals surface area contributed by atoms with Gasteiger partial charge in [0.2, 0.25) is 5.91 Å². The van der Waals surface area contributed by atoms with Crippen molar-refractivity contribution in [1.29, 1.82) is 0 Å². The van der Waals surface area contributed by atoms with Crippen LogP contribution in [0.1, 0.15) is 69.1 Å². The van der Waals surface area contributed by atoms with Gasteiger partial charge in [-0.05, 0) is 55.9 Å². The van der Waals surface area contributed by atoms with Crippen LogP contribution in [0.15, 0.2) is 48.5 Å². The zero-order chi connectivity index (χ0) is 23.6. The number of benzene rings is 2. The molecule has 0 bridgehead atoms. The van der Waals surface area contributed by atoms with Gasteiger partial charge >= 0.3 is 0 Å². The second-order valence-corrected chi connectivity index (χ2v) is 9.06. The normalized spacial score (nSPS) is 15.0. The molecular weight excluding hydrogens is 412 g/mol. The van der Waals surface area contributed by atoms with Crippen LogP contribution in [-0.2, 0) is 22.6 Å². The number of nitrogens with one attached hydrogen (secondary N) is 1. The van der Waals surface area contributed by atoms with Gasteiger partial charge in [0.15, 0.2) is 6.61 Å². The quantitative estimate of drug-likeness (QED) is 0.542. The van der Waals surface area contributed by atoms with Crippen molar-refractivity contribution in [3.05, 3.63) is 65.2 Å². The van der Waals surface area contributed by atoms with E-state index >= 15 is 0 Å². The zero-order valence-electron chi connectivity index (χ0n) is 20.3. The Kier molecular flexibility index (Phi) is 9.35. The van der Waals surface area contributed by atoms with Crippen LogP contribution in [0.5, 0.6) is 5.75 Å². The summed E-state index contributed by atoms with van der Waals surface area (Å²) in [5.41, 5.74) is 3.37. The summed E-state index contributed by atoms with van der Waals surface area (Å²) in [4.78, 5) is 28.3. The van der Waals surface area contributed by atoms with Crippen LogP contribution in [0.3, 0.4) is 0 Å². The fourth-order valence-corrected chi connectivity index (χ4v) is 4.52. The molecule has 1 atom stereocenters. The first kappa shape index (κ1) is 24.8. The Morgan fingerprint density at radius 2 is 1.76 bits per heavy atom. The van der Waals surface area contributed by atoms with Gasteiger partial charge in [-0.2, -0.15) is 0 Å². The number of ether oxygens (including phenoxy) is 1. The van der Waals surface area contributed by atoms with Gasteiger partial charge in [0.1, 0.15) is 11.8 Å². The predicted molar refractivity (Wildman–Crippen MR) is 132 cm³/mol. The van der Waals surface area contributed by atoms with E-state index in [9.17, 15) is 9.59 Å². The Labute approximate surface area is 198 Å². The van der Waals surface area contributed by atoms with E-state index in [0.717, 1.165) is 43.2 Å². The van der Waals surface area contributed by atoms with Crippen LogP contribution in [0.25, 0.3) is 0 Å². The van der Waals surface area contributed by atoms with Crippen LogP contribution >= 0.6 is 0 Å². The van der Waals surface area contributed by atoms with Crippen molar-refractivity contribution in [2.24, 2.45) is 0 Å². The van der Waals surface area contributed by atoms with E-state index in [4.69, 9.17) is 4.74 Å². The molecule has 1 fully saturated rings. The smallest absolute Gasteiger partial charge is 0.261 e. The fourth-order valence-electron chi connectivity index (χ4n) is 4.52. The maximum atomic E-state index is 13.3. The summed E-state index contributed by atoms with van der Waals surface area (Å²) in [5, 5.41) is 3.22. The average Bonchev–Trinajstić information content (AvgIpc) is 2.83. The van der Waals surface area contributed by atoms with Crippen molar-refractivity contribution in [3.8, 4) is 5.75 Å². The molecule has 2 aromatic rings. The topological polar surface area (TPSA) is 58.6 Å². The van der Waals surface area contributed by atoms with Gasteiger partial charge in [0.05, 0.1) is 0 Å². The van der Waals surface area contributed by atoms with E-state index in [2.05, 4.69) is 18.3 Å². The first-order valence-corrected chi connectivity index (χ1v) is 12.4. The molecule has 3 rings (SSSR count). The maximum Gasteiger partial charge on any atom is 0.261 e. The van der Waals surface area contributed by atoms with Gasteiger partial charge in [0, 0.05) is 12.6 Å². The summed E-state index contributed by atoms with van der Waals surface area (Å²) >= 11 is 0. The molecule has 5 heteroatoms. The van der Waals surface area contributed by atoms with Gasteiger partial charge in [-0.15, -0.1) is 0 Å². The number of nitrogens with zero attached hydrogens (tertiary/aromatic N) is 1. The molecule has 0 heterocycles. The third-order valence-electron chi connectivity index (χ3n) is 6.47. The molecule has 2 amide bonds. The van der Waals surface area contributed by atoms with Crippen LogP contribution in [0.4, 0.5) is 0 Å². The first-order chi connectivity index (χ1) is 16.0. The van der Waals surface area contributed by atoms with E-state index < -0.39 is 6.04 Å². The lowest BCUT2D eigenvalue weighted by Gasteiger charge is -2.32.